The second kappa shape index (κ2) is 13.4. The van der Waals surface area contributed by atoms with E-state index in [0.717, 1.165) is 55.5 Å². The maximum atomic E-state index is 13.9. The lowest BCUT2D eigenvalue weighted by Gasteiger charge is -2.46. The Bertz CT molecular complexity index is 2680. The summed E-state index contributed by atoms with van der Waals surface area (Å²) in [4.78, 5) is 30.2. The fourth-order valence-electron chi connectivity index (χ4n) is 9.09. The molecule has 1 heterocycles. The number of halogens is 4. The van der Waals surface area contributed by atoms with Crippen LogP contribution in [0, 0.1) is 0 Å². The molecule has 7 aromatic rings. The fourth-order valence-corrected chi connectivity index (χ4v) is 10.1. The average Bonchev–Trinajstić information content (AvgIpc) is 3.44. The highest BCUT2D eigenvalue weighted by molar-refractivity contribution is 6.57. The number of carbonyl (C=O) groups excluding carboxylic acids is 2. The zero-order chi connectivity index (χ0) is 37.5. The second-order valence-electron chi connectivity index (χ2n) is 14.6. The molecular formula is C47H35Cl4NO2. The Kier molecular flexibility index (Phi) is 8.78. The number of para-hydroxylation sites is 1. The molecule has 9 rings (SSSR count). The van der Waals surface area contributed by atoms with Crippen molar-refractivity contribution >= 4 is 113 Å². The molecule has 0 fully saturated rings. The van der Waals surface area contributed by atoms with Crippen LogP contribution < -0.4 is 4.90 Å². The van der Waals surface area contributed by atoms with Gasteiger partial charge in [0.15, 0.2) is 11.6 Å². The third-order valence-corrected chi connectivity index (χ3v) is 13.4. The predicted molar refractivity (Wildman–Crippen MR) is 228 cm³/mol. The molecule has 7 aromatic carbocycles. The van der Waals surface area contributed by atoms with Crippen LogP contribution in [-0.4, -0.2) is 11.6 Å². The molecule has 0 radical (unpaired) electrons. The lowest BCUT2D eigenvalue weighted by molar-refractivity contribution is 0.0990. The number of ketones is 2. The van der Waals surface area contributed by atoms with Gasteiger partial charge in [-0.05, 0) is 86.8 Å². The van der Waals surface area contributed by atoms with Crippen LogP contribution in [0.3, 0.4) is 0 Å². The Labute approximate surface area is 334 Å². The SMILES string of the molecule is CCCCC1(CCCC)c2ccccc2N(c2ccc3ccc4cccc5ccc2c3c45)c2ccc(C=C3C(=O)c4c(Cl)c(Cl)c(Cl)c(Cl)c4C3=O)cc21. The van der Waals surface area contributed by atoms with Crippen molar-refractivity contribution in [1.29, 1.82) is 0 Å². The summed E-state index contributed by atoms with van der Waals surface area (Å²) in [5.41, 5.74) is 6.28. The van der Waals surface area contributed by atoms with Crippen LogP contribution in [0.5, 0.6) is 0 Å². The molecule has 0 amide bonds. The molecule has 0 unspecified atom stereocenters. The highest BCUT2D eigenvalue weighted by Gasteiger charge is 2.44. The van der Waals surface area contributed by atoms with E-state index in [9.17, 15) is 9.59 Å². The van der Waals surface area contributed by atoms with Crippen LogP contribution in [-0.2, 0) is 5.41 Å². The van der Waals surface area contributed by atoms with Crippen molar-refractivity contribution in [2.45, 2.75) is 57.8 Å². The molecule has 0 spiro atoms. The number of rotatable bonds is 8. The quantitative estimate of drug-likeness (QED) is 0.0506. The van der Waals surface area contributed by atoms with Gasteiger partial charge in [-0.25, -0.2) is 0 Å². The van der Waals surface area contributed by atoms with Crippen molar-refractivity contribution in [2.24, 2.45) is 0 Å². The normalized spacial score (nSPS) is 14.7. The Morgan fingerprint density at radius 3 is 1.78 bits per heavy atom. The lowest BCUT2D eigenvalue weighted by Crippen LogP contribution is -2.36. The van der Waals surface area contributed by atoms with Gasteiger partial charge in [0.25, 0.3) is 0 Å². The van der Waals surface area contributed by atoms with Crippen LogP contribution in [0.15, 0.2) is 103 Å². The van der Waals surface area contributed by atoms with Gasteiger partial charge in [-0.15, -0.1) is 0 Å². The van der Waals surface area contributed by atoms with Gasteiger partial charge in [0.1, 0.15) is 0 Å². The summed E-state index contributed by atoms with van der Waals surface area (Å²) in [7, 11) is 0. The van der Waals surface area contributed by atoms with Crippen LogP contribution in [0.25, 0.3) is 38.4 Å². The van der Waals surface area contributed by atoms with Gasteiger partial charge in [-0.1, -0.05) is 159 Å². The first-order chi connectivity index (χ1) is 26.2. The van der Waals surface area contributed by atoms with E-state index >= 15 is 0 Å². The van der Waals surface area contributed by atoms with Gasteiger partial charge in [-0.3, -0.25) is 9.59 Å². The van der Waals surface area contributed by atoms with Crippen LogP contribution in [0.2, 0.25) is 20.1 Å². The Morgan fingerprint density at radius 1 is 0.574 bits per heavy atom. The number of anilines is 3. The zero-order valence-corrected chi connectivity index (χ0v) is 32.9. The maximum absolute atomic E-state index is 13.9. The summed E-state index contributed by atoms with van der Waals surface area (Å²) >= 11 is 25.7. The minimum Gasteiger partial charge on any atom is -0.309 e. The smallest absolute Gasteiger partial charge is 0.199 e. The summed E-state index contributed by atoms with van der Waals surface area (Å²) in [6.45, 7) is 4.48. The summed E-state index contributed by atoms with van der Waals surface area (Å²) in [6, 6.07) is 35.1. The Morgan fingerprint density at radius 2 is 1.13 bits per heavy atom. The standard InChI is InChI=1S/C47H35Cl4NO2/c1-3-5-22-47(23-6-4-2)32-12-7-8-13-35(32)52(34-21-18-29-16-15-27-10-9-11-28-17-19-30(34)38(29)37(27)28)36-20-14-26(25-33(36)47)24-31-45(53)39-40(46(31)54)42(49)44(51)43(50)41(39)48/h7-21,24-25H,3-6,22-23H2,1-2H3. The minimum absolute atomic E-state index is 0.000345. The van der Waals surface area contributed by atoms with Crippen LogP contribution in [0.1, 0.15) is 89.8 Å². The monoisotopic (exact) mass is 785 g/mol. The zero-order valence-electron chi connectivity index (χ0n) is 29.8. The number of benzene rings is 7. The van der Waals surface area contributed by atoms with Crippen molar-refractivity contribution in [2.75, 3.05) is 4.90 Å². The van der Waals surface area contributed by atoms with Crippen LogP contribution in [0.4, 0.5) is 17.1 Å². The molecule has 0 N–H and O–H groups in total. The summed E-state index contributed by atoms with van der Waals surface area (Å²) in [5, 5.41) is 7.17. The Hall–Kier alpha value is -4.38. The maximum Gasteiger partial charge on any atom is 0.199 e. The van der Waals surface area contributed by atoms with E-state index in [1.165, 1.54) is 49.1 Å². The van der Waals surface area contributed by atoms with E-state index in [2.05, 4.69) is 110 Å². The van der Waals surface area contributed by atoms with E-state index in [-0.39, 0.29) is 42.2 Å². The molecular weight excluding hydrogens is 752 g/mol. The molecule has 0 saturated heterocycles. The van der Waals surface area contributed by atoms with Gasteiger partial charge >= 0.3 is 0 Å². The Balaban J connectivity index is 1.30. The number of hydrogen-bond donors (Lipinski definition) is 0. The minimum atomic E-state index is -0.512. The highest BCUT2D eigenvalue weighted by Crippen LogP contribution is 2.57. The van der Waals surface area contributed by atoms with Crippen molar-refractivity contribution in [1.82, 2.24) is 0 Å². The number of Topliss-reactive ketones (excluding diaryl/α,β-unsaturated/α-hetero) is 2. The summed E-state index contributed by atoms with van der Waals surface area (Å²) in [6.07, 6.45) is 7.81. The predicted octanol–water partition coefficient (Wildman–Crippen LogP) is 15.1. The molecule has 3 nitrogen and oxygen atoms in total. The molecule has 0 bridgehead atoms. The number of carbonyl (C=O) groups is 2. The molecule has 54 heavy (non-hydrogen) atoms. The largest absolute Gasteiger partial charge is 0.309 e. The van der Waals surface area contributed by atoms with Gasteiger partial charge in [0.05, 0.1) is 53.9 Å². The first-order valence-corrected chi connectivity index (χ1v) is 20.1. The molecule has 0 atom stereocenters. The van der Waals surface area contributed by atoms with Gasteiger partial charge in [0, 0.05) is 10.8 Å². The molecule has 0 aromatic heterocycles. The van der Waals surface area contributed by atoms with Crippen molar-refractivity contribution < 1.29 is 9.59 Å². The number of fused-ring (bicyclic) bond motifs is 3. The molecule has 268 valence electrons. The molecule has 1 aliphatic heterocycles. The highest BCUT2D eigenvalue weighted by atomic mass is 35.5. The van der Waals surface area contributed by atoms with Gasteiger partial charge in [-0.2, -0.15) is 0 Å². The second-order valence-corrected chi connectivity index (χ2v) is 16.1. The molecule has 2 aliphatic rings. The number of allylic oxidation sites excluding steroid dienone is 1. The number of nitrogens with zero attached hydrogens (tertiary/aromatic N) is 1. The third kappa shape index (κ3) is 5.09. The van der Waals surface area contributed by atoms with Gasteiger partial charge < -0.3 is 4.90 Å². The van der Waals surface area contributed by atoms with E-state index in [0.29, 0.717) is 0 Å². The number of hydrogen-bond acceptors (Lipinski definition) is 3. The number of unbranched alkanes of at least 4 members (excludes halogenated alkanes) is 2. The fraction of sp³-hybridized carbons (Fsp3) is 0.191. The van der Waals surface area contributed by atoms with E-state index in [1.807, 2.05) is 6.07 Å². The molecule has 7 heteroatoms. The van der Waals surface area contributed by atoms with Crippen molar-refractivity contribution in [3.63, 3.8) is 0 Å². The van der Waals surface area contributed by atoms with E-state index in [1.54, 1.807) is 6.08 Å². The summed E-state index contributed by atoms with van der Waals surface area (Å²) in [5.74, 6) is -1.02. The first kappa shape index (κ1) is 35.3. The van der Waals surface area contributed by atoms with Crippen LogP contribution >= 0.6 is 46.4 Å². The first-order valence-electron chi connectivity index (χ1n) is 18.6. The summed E-state index contributed by atoms with van der Waals surface area (Å²) < 4.78 is 0. The van der Waals surface area contributed by atoms with Crippen molar-refractivity contribution in [3.05, 3.63) is 151 Å². The van der Waals surface area contributed by atoms with E-state index in [4.69, 9.17) is 46.4 Å². The third-order valence-electron chi connectivity index (χ3n) is 11.6. The lowest BCUT2D eigenvalue weighted by atomic mass is 9.64. The van der Waals surface area contributed by atoms with Crippen molar-refractivity contribution in [3.8, 4) is 0 Å². The van der Waals surface area contributed by atoms with Gasteiger partial charge in [0.2, 0.25) is 0 Å². The molecule has 0 saturated carbocycles. The van der Waals surface area contributed by atoms with E-state index < -0.39 is 11.6 Å². The average molecular weight is 788 g/mol. The topological polar surface area (TPSA) is 37.4 Å². The molecule has 1 aliphatic carbocycles.